The molecule has 0 aromatic heterocycles. The summed E-state index contributed by atoms with van der Waals surface area (Å²) in [4.78, 5) is 23.1. The number of carboxylic acid groups (broad SMARTS) is 1. The first kappa shape index (κ1) is 14.4. The maximum absolute atomic E-state index is 12.1. The number of hydrogen-bond acceptors (Lipinski definition) is 4. The molecule has 0 heterocycles. The van der Waals surface area contributed by atoms with E-state index in [1.165, 1.54) is 25.3 Å². The highest BCUT2D eigenvalue weighted by atomic mass is 16.5. The molecule has 0 spiro atoms. The molecular weight excluding hydrogens is 272 g/mol. The van der Waals surface area contributed by atoms with Gasteiger partial charge in [0.15, 0.2) is 0 Å². The molecule has 6 heteroatoms. The molecule has 2 rings (SSSR count). The van der Waals surface area contributed by atoms with Gasteiger partial charge in [0, 0.05) is 11.3 Å². The molecule has 0 radical (unpaired) electrons. The van der Waals surface area contributed by atoms with Gasteiger partial charge in [0.1, 0.15) is 5.75 Å². The first-order valence-corrected chi connectivity index (χ1v) is 6.09. The molecule has 0 aliphatic rings. The topological polar surface area (TPSA) is 102 Å². The quantitative estimate of drug-likeness (QED) is 0.748. The fourth-order valence-electron chi connectivity index (χ4n) is 1.77. The minimum atomic E-state index is -1.08. The van der Waals surface area contributed by atoms with Crippen LogP contribution in [0, 0.1) is 0 Å². The van der Waals surface area contributed by atoms with Gasteiger partial charge in [-0.1, -0.05) is 0 Å². The van der Waals surface area contributed by atoms with Gasteiger partial charge in [-0.25, -0.2) is 4.79 Å². The molecule has 6 nitrogen and oxygen atoms in total. The molecule has 4 N–H and O–H groups in total. The molecule has 21 heavy (non-hydrogen) atoms. The molecule has 0 saturated heterocycles. The zero-order valence-corrected chi connectivity index (χ0v) is 11.3. The van der Waals surface area contributed by atoms with Gasteiger partial charge in [0.25, 0.3) is 5.91 Å². The third-order valence-corrected chi connectivity index (χ3v) is 2.87. The summed E-state index contributed by atoms with van der Waals surface area (Å²) in [6, 6.07) is 10.6. The van der Waals surface area contributed by atoms with Crippen LogP contribution in [0.25, 0.3) is 0 Å². The van der Waals surface area contributed by atoms with E-state index in [1.54, 1.807) is 24.3 Å². The average molecular weight is 286 g/mol. The molecule has 0 aliphatic carbocycles. The van der Waals surface area contributed by atoms with Crippen molar-refractivity contribution in [1.82, 2.24) is 0 Å². The van der Waals surface area contributed by atoms with Crippen LogP contribution < -0.4 is 15.8 Å². The summed E-state index contributed by atoms with van der Waals surface area (Å²) in [6.07, 6.45) is 0. The van der Waals surface area contributed by atoms with Crippen molar-refractivity contribution in [2.75, 3.05) is 18.2 Å². The monoisotopic (exact) mass is 286 g/mol. The lowest BCUT2D eigenvalue weighted by atomic mass is 10.1. The zero-order valence-electron chi connectivity index (χ0n) is 11.3. The summed E-state index contributed by atoms with van der Waals surface area (Å²) in [6.45, 7) is 0. The molecule has 0 aliphatic heterocycles. The number of nitrogens with two attached hydrogens (primary N) is 1. The lowest BCUT2D eigenvalue weighted by Crippen LogP contribution is -2.13. The third-order valence-electron chi connectivity index (χ3n) is 2.87. The lowest BCUT2D eigenvalue weighted by molar-refractivity contribution is 0.0696. The Kier molecular flexibility index (Phi) is 4.08. The van der Waals surface area contributed by atoms with Gasteiger partial charge in [-0.15, -0.1) is 0 Å². The Labute approximate surface area is 121 Å². The number of nitrogen functional groups attached to an aromatic ring is 1. The second-order valence-corrected chi connectivity index (χ2v) is 4.30. The Morgan fingerprint density at radius 1 is 1.10 bits per heavy atom. The summed E-state index contributed by atoms with van der Waals surface area (Å²) in [7, 11) is 1.44. The third kappa shape index (κ3) is 3.30. The molecule has 108 valence electrons. The maximum atomic E-state index is 12.1. The van der Waals surface area contributed by atoms with E-state index < -0.39 is 5.97 Å². The number of carbonyl (C=O) groups is 2. The Balaban J connectivity index is 2.29. The number of hydrogen-bond donors (Lipinski definition) is 3. The first-order chi connectivity index (χ1) is 10.0. The number of anilines is 2. The van der Waals surface area contributed by atoms with Gasteiger partial charge in [-0.2, -0.15) is 0 Å². The zero-order chi connectivity index (χ0) is 15.4. The average Bonchev–Trinajstić information content (AvgIpc) is 2.47. The molecule has 1 amide bonds. The highest BCUT2D eigenvalue weighted by Crippen LogP contribution is 2.26. The minimum Gasteiger partial charge on any atom is -0.495 e. The molecule has 0 unspecified atom stereocenters. The second-order valence-electron chi connectivity index (χ2n) is 4.30. The van der Waals surface area contributed by atoms with E-state index in [-0.39, 0.29) is 11.5 Å². The van der Waals surface area contributed by atoms with Gasteiger partial charge in [-0.3, -0.25) is 4.79 Å². The number of nitrogens with one attached hydrogen (secondary N) is 1. The minimum absolute atomic E-state index is 0.0587. The van der Waals surface area contributed by atoms with Crippen LogP contribution in [0.1, 0.15) is 20.7 Å². The molecule has 0 saturated carbocycles. The van der Waals surface area contributed by atoms with Gasteiger partial charge in [-0.05, 0) is 42.5 Å². The second kappa shape index (κ2) is 5.96. The van der Waals surface area contributed by atoms with Gasteiger partial charge in [0.05, 0.1) is 18.4 Å². The van der Waals surface area contributed by atoms with Crippen molar-refractivity contribution in [3.05, 3.63) is 53.6 Å². The highest BCUT2D eigenvalue weighted by molar-refractivity contribution is 6.05. The smallest absolute Gasteiger partial charge is 0.335 e. The number of benzene rings is 2. The standard InChI is InChI=1S/C15H14N2O4/c1-21-13-7-4-10(15(19)20)8-12(13)17-14(18)9-2-5-11(16)6-3-9/h2-8H,16H2,1H3,(H,17,18)(H,19,20). The first-order valence-electron chi connectivity index (χ1n) is 6.09. The Hall–Kier alpha value is -3.02. The van der Waals surface area contributed by atoms with Crippen LogP contribution in [0.15, 0.2) is 42.5 Å². The van der Waals surface area contributed by atoms with Crippen LogP contribution in [0.5, 0.6) is 5.75 Å². The number of amides is 1. The van der Waals surface area contributed by atoms with Crippen LogP contribution in [0.4, 0.5) is 11.4 Å². The summed E-state index contributed by atoms with van der Waals surface area (Å²) < 4.78 is 5.11. The molecule has 0 fully saturated rings. The van der Waals surface area contributed by atoms with Crippen LogP contribution in [0.3, 0.4) is 0 Å². The van der Waals surface area contributed by atoms with E-state index in [0.29, 0.717) is 22.7 Å². The van der Waals surface area contributed by atoms with Crippen molar-refractivity contribution in [1.29, 1.82) is 0 Å². The highest BCUT2D eigenvalue weighted by Gasteiger charge is 2.12. The molecule has 0 atom stereocenters. The van der Waals surface area contributed by atoms with Crippen molar-refractivity contribution in [2.24, 2.45) is 0 Å². The van der Waals surface area contributed by atoms with Gasteiger partial charge in [0.2, 0.25) is 0 Å². The number of rotatable bonds is 4. The molecule has 0 bridgehead atoms. The Bertz CT molecular complexity index is 681. The van der Waals surface area contributed by atoms with E-state index in [4.69, 9.17) is 15.6 Å². The SMILES string of the molecule is COc1ccc(C(=O)O)cc1NC(=O)c1ccc(N)cc1. The summed E-state index contributed by atoms with van der Waals surface area (Å²) in [5.74, 6) is -1.08. The lowest BCUT2D eigenvalue weighted by Gasteiger charge is -2.11. The Morgan fingerprint density at radius 2 is 1.71 bits per heavy atom. The number of carboxylic acids is 1. The Morgan fingerprint density at radius 3 is 2.29 bits per heavy atom. The van der Waals surface area contributed by atoms with Crippen LogP contribution in [-0.4, -0.2) is 24.1 Å². The van der Waals surface area contributed by atoms with E-state index >= 15 is 0 Å². The summed E-state index contributed by atoms with van der Waals surface area (Å²) in [5.41, 5.74) is 6.87. The van der Waals surface area contributed by atoms with Crippen LogP contribution in [-0.2, 0) is 0 Å². The van der Waals surface area contributed by atoms with Crippen molar-refractivity contribution < 1.29 is 19.4 Å². The molecule has 2 aromatic carbocycles. The summed E-state index contributed by atoms with van der Waals surface area (Å²) >= 11 is 0. The fraction of sp³-hybridized carbons (Fsp3) is 0.0667. The predicted octanol–water partition coefficient (Wildman–Crippen LogP) is 2.23. The maximum Gasteiger partial charge on any atom is 0.335 e. The number of ether oxygens (including phenoxy) is 1. The van der Waals surface area contributed by atoms with E-state index in [9.17, 15) is 9.59 Å². The fourth-order valence-corrected chi connectivity index (χ4v) is 1.77. The van der Waals surface area contributed by atoms with Crippen LogP contribution >= 0.6 is 0 Å². The predicted molar refractivity (Wildman–Crippen MR) is 78.8 cm³/mol. The van der Waals surface area contributed by atoms with Gasteiger partial charge < -0.3 is 20.9 Å². The van der Waals surface area contributed by atoms with Gasteiger partial charge >= 0.3 is 5.97 Å². The summed E-state index contributed by atoms with van der Waals surface area (Å²) in [5, 5.41) is 11.6. The normalized spacial score (nSPS) is 9.95. The van der Waals surface area contributed by atoms with Crippen molar-refractivity contribution in [3.63, 3.8) is 0 Å². The van der Waals surface area contributed by atoms with Crippen molar-refractivity contribution in [2.45, 2.75) is 0 Å². The van der Waals surface area contributed by atoms with E-state index in [0.717, 1.165) is 0 Å². The number of methoxy groups -OCH3 is 1. The number of carbonyl (C=O) groups excluding carboxylic acids is 1. The van der Waals surface area contributed by atoms with Crippen molar-refractivity contribution >= 4 is 23.3 Å². The largest absolute Gasteiger partial charge is 0.495 e. The number of aromatic carboxylic acids is 1. The van der Waals surface area contributed by atoms with Crippen molar-refractivity contribution in [3.8, 4) is 5.75 Å². The van der Waals surface area contributed by atoms with E-state index in [1.807, 2.05) is 0 Å². The molecular formula is C15H14N2O4. The van der Waals surface area contributed by atoms with Crippen LogP contribution in [0.2, 0.25) is 0 Å². The molecule has 2 aromatic rings. The van der Waals surface area contributed by atoms with E-state index in [2.05, 4.69) is 5.32 Å².